The van der Waals surface area contributed by atoms with Crippen LogP contribution >= 0.6 is 31.9 Å². The molecule has 0 aromatic heterocycles. The van der Waals surface area contributed by atoms with E-state index >= 15 is 0 Å². The fourth-order valence-corrected chi connectivity index (χ4v) is 1.23. The Morgan fingerprint density at radius 3 is 1.78 bits per heavy atom. The van der Waals surface area contributed by atoms with Crippen molar-refractivity contribution in [3.8, 4) is 0 Å². The second-order valence-corrected chi connectivity index (χ2v) is 5.33. The van der Waals surface area contributed by atoms with Crippen molar-refractivity contribution in [2.75, 3.05) is 0 Å². The minimum atomic E-state index is 0.638. The zero-order valence-electron chi connectivity index (χ0n) is 5.99. The summed E-state index contributed by atoms with van der Waals surface area (Å²) in [5, 5.41) is 0. The molecule has 9 heavy (non-hydrogen) atoms. The van der Waals surface area contributed by atoms with Crippen LogP contribution in [0.1, 0.15) is 20.8 Å². The molecule has 0 aromatic rings. The molecule has 0 saturated heterocycles. The maximum Gasteiger partial charge on any atom is 0.0567 e. The zero-order valence-corrected chi connectivity index (χ0v) is 9.16. The molecule has 0 amide bonds. The predicted octanol–water partition coefficient (Wildman–Crippen LogP) is 3.91. The summed E-state index contributed by atoms with van der Waals surface area (Å²) < 4.78 is 1.05. The SMILES string of the molecule is CC(C)C(C)C=C(Br)Br. The van der Waals surface area contributed by atoms with Gasteiger partial charge in [-0.1, -0.05) is 26.8 Å². The highest BCUT2D eigenvalue weighted by Gasteiger charge is 2.02. The standard InChI is InChI=1S/C7H12Br2/c1-5(2)6(3)4-7(8)9/h4-6H,1-3H3. The summed E-state index contributed by atoms with van der Waals surface area (Å²) in [5.74, 6) is 1.36. The number of hydrogen-bond donors (Lipinski definition) is 0. The van der Waals surface area contributed by atoms with Crippen LogP contribution in [-0.2, 0) is 0 Å². The molecule has 0 bridgehead atoms. The van der Waals surface area contributed by atoms with Crippen LogP contribution in [0.15, 0.2) is 9.47 Å². The quantitative estimate of drug-likeness (QED) is 0.702. The Kier molecular flexibility index (Phi) is 4.86. The Morgan fingerprint density at radius 1 is 1.22 bits per heavy atom. The van der Waals surface area contributed by atoms with Crippen LogP contribution in [0.25, 0.3) is 0 Å². The van der Waals surface area contributed by atoms with Gasteiger partial charge in [-0.25, -0.2) is 0 Å². The van der Waals surface area contributed by atoms with Gasteiger partial charge in [0, 0.05) is 0 Å². The third kappa shape index (κ3) is 5.16. The molecular formula is C7H12Br2. The van der Waals surface area contributed by atoms with E-state index in [1.165, 1.54) is 0 Å². The molecule has 2 heteroatoms. The Hall–Kier alpha value is 0.700. The topological polar surface area (TPSA) is 0 Å². The van der Waals surface area contributed by atoms with Gasteiger partial charge in [0.1, 0.15) is 0 Å². The van der Waals surface area contributed by atoms with Gasteiger partial charge in [0.15, 0.2) is 0 Å². The summed E-state index contributed by atoms with van der Waals surface area (Å²) in [4.78, 5) is 0. The lowest BCUT2D eigenvalue weighted by Crippen LogP contribution is -1.98. The van der Waals surface area contributed by atoms with E-state index < -0.39 is 0 Å². The van der Waals surface area contributed by atoms with E-state index in [0.717, 1.165) is 9.31 Å². The van der Waals surface area contributed by atoms with Crippen LogP contribution in [0.5, 0.6) is 0 Å². The molecule has 0 aliphatic heterocycles. The van der Waals surface area contributed by atoms with E-state index in [1.54, 1.807) is 0 Å². The van der Waals surface area contributed by atoms with Gasteiger partial charge in [-0.05, 0) is 43.7 Å². The molecule has 0 N–H and O–H groups in total. The fraction of sp³-hybridized carbons (Fsp3) is 0.714. The first-order chi connectivity index (χ1) is 4.04. The number of rotatable bonds is 2. The second kappa shape index (κ2) is 4.51. The number of allylic oxidation sites excluding steroid dienone is 1. The molecule has 1 atom stereocenters. The van der Waals surface area contributed by atoms with Gasteiger partial charge in [-0.2, -0.15) is 0 Å². The molecule has 0 rings (SSSR count). The largest absolute Gasteiger partial charge is 0.0622 e. The highest BCUT2D eigenvalue weighted by Crippen LogP contribution is 2.20. The van der Waals surface area contributed by atoms with Crippen LogP contribution in [0.4, 0.5) is 0 Å². The lowest BCUT2D eigenvalue weighted by atomic mass is 9.99. The lowest BCUT2D eigenvalue weighted by Gasteiger charge is -2.09. The van der Waals surface area contributed by atoms with Crippen LogP contribution in [0.3, 0.4) is 0 Å². The van der Waals surface area contributed by atoms with Gasteiger partial charge in [-0.15, -0.1) is 0 Å². The monoisotopic (exact) mass is 254 g/mol. The molecule has 54 valence electrons. The van der Waals surface area contributed by atoms with Gasteiger partial charge < -0.3 is 0 Å². The lowest BCUT2D eigenvalue weighted by molar-refractivity contribution is 0.504. The first kappa shape index (κ1) is 9.70. The van der Waals surface area contributed by atoms with Crippen molar-refractivity contribution in [2.24, 2.45) is 11.8 Å². The van der Waals surface area contributed by atoms with Crippen LogP contribution in [0.2, 0.25) is 0 Å². The predicted molar refractivity (Wildman–Crippen MR) is 49.9 cm³/mol. The summed E-state index contributed by atoms with van der Waals surface area (Å²) in [7, 11) is 0. The maximum atomic E-state index is 3.32. The van der Waals surface area contributed by atoms with E-state index in [2.05, 4.69) is 58.7 Å². The normalized spacial score (nSPS) is 13.6. The van der Waals surface area contributed by atoms with Crippen molar-refractivity contribution >= 4 is 31.9 Å². The molecule has 0 nitrogen and oxygen atoms in total. The molecule has 1 unspecified atom stereocenters. The summed E-state index contributed by atoms with van der Waals surface area (Å²) in [5.41, 5.74) is 0. The van der Waals surface area contributed by atoms with Crippen LogP contribution in [-0.4, -0.2) is 0 Å². The number of halogens is 2. The van der Waals surface area contributed by atoms with Crippen molar-refractivity contribution in [3.05, 3.63) is 9.47 Å². The third-order valence-corrected chi connectivity index (χ3v) is 1.97. The van der Waals surface area contributed by atoms with E-state index in [-0.39, 0.29) is 0 Å². The Balaban J connectivity index is 3.76. The first-order valence-electron chi connectivity index (χ1n) is 3.07. The van der Waals surface area contributed by atoms with Gasteiger partial charge in [0.2, 0.25) is 0 Å². The van der Waals surface area contributed by atoms with Gasteiger partial charge in [0.05, 0.1) is 3.39 Å². The molecule has 0 aromatic carbocycles. The molecule has 0 fully saturated rings. The van der Waals surface area contributed by atoms with Crippen molar-refractivity contribution < 1.29 is 0 Å². The van der Waals surface area contributed by atoms with Gasteiger partial charge >= 0.3 is 0 Å². The summed E-state index contributed by atoms with van der Waals surface area (Å²) >= 11 is 6.64. The smallest absolute Gasteiger partial charge is 0.0567 e. The Morgan fingerprint density at radius 2 is 1.67 bits per heavy atom. The Bertz CT molecular complexity index is 101. The highest BCUT2D eigenvalue weighted by molar-refractivity contribution is 9.28. The van der Waals surface area contributed by atoms with Crippen LogP contribution < -0.4 is 0 Å². The molecule has 0 heterocycles. The number of hydrogen-bond acceptors (Lipinski definition) is 0. The third-order valence-electron chi connectivity index (χ3n) is 1.44. The Labute approximate surface area is 74.0 Å². The molecule has 0 saturated carbocycles. The fourth-order valence-electron chi connectivity index (χ4n) is 0.391. The molecule has 0 radical (unpaired) electrons. The summed E-state index contributed by atoms with van der Waals surface area (Å²) in [6.07, 6.45) is 2.16. The summed E-state index contributed by atoms with van der Waals surface area (Å²) in [6, 6.07) is 0. The summed E-state index contributed by atoms with van der Waals surface area (Å²) in [6.45, 7) is 6.63. The average molecular weight is 256 g/mol. The van der Waals surface area contributed by atoms with Crippen LogP contribution in [0, 0.1) is 11.8 Å². The molecule has 0 spiro atoms. The maximum absolute atomic E-state index is 3.32. The average Bonchev–Trinajstić information content (AvgIpc) is 1.63. The van der Waals surface area contributed by atoms with Gasteiger partial charge in [-0.3, -0.25) is 0 Å². The highest BCUT2D eigenvalue weighted by atomic mass is 79.9. The minimum absolute atomic E-state index is 0.638. The van der Waals surface area contributed by atoms with E-state index in [9.17, 15) is 0 Å². The minimum Gasteiger partial charge on any atom is -0.0622 e. The zero-order chi connectivity index (χ0) is 7.44. The van der Waals surface area contributed by atoms with Gasteiger partial charge in [0.25, 0.3) is 0 Å². The van der Waals surface area contributed by atoms with Crippen molar-refractivity contribution in [1.29, 1.82) is 0 Å². The van der Waals surface area contributed by atoms with Crippen molar-refractivity contribution in [3.63, 3.8) is 0 Å². The molecule has 0 aliphatic carbocycles. The second-order valence-electron chi connectivity index (χ2n) is 2.56. The molecular weight excluding hydrogens is 244 g/mol. The van der Waals surface area contributed by atoms with E-state index in [4.69, 9.17) is 0 Å². The van der Waals surface area contributed by atoms with Crippen molar-refractivity contribution in [1.82, 2.24) is 0 Å². The van der Waals surface area contributed by atoms with E-state index in [1.807, 2.05) is 0 Å². The first-order valence-corrected chi connectivity index (χ1v) is 4.65. The molecule has 0 aliphatic rings. The van der Waals surface area contributed by atoms with E-state index in [0.29, 0.717) is 5.92 Å². The van der Waals surface area contributed by atoms with Crippen molar-refractivity contribution in [2.45, 2.75) is 20.8 Å².